The summed E-state index contributed by atoms with van der Waals surface area (Å²) in [5.41, 5.74) is 5.95. The number of amides is 1. The first-order valence-electron chi connectivity index (χ1n) is 11.1. The van der Waals surface area contributed by atoms with Crippen molar-refractivity contribution in [3.05, 3.63) is 132 Å². The van der Waals surface area contributed by atoms with Crippen molar-refractivity contribution in [3.8, 4) is 11.3 Å². The number of nitrogens with zero attached hydrogens (tertiary/aromatic N) is 3. The molecule has 0 saturated heterocycles. The number of rotatable bonds is 7. The minimum absolute atomic E-state index is 0.0562. The van der Waals surface area contributed by atoms with E-state index in [1.54, 1.807) is 0 Å². The van der Waals surface area contributed by atoms with Gasteiger partial charge in [0.2, 0.25) is 5.91 Å². The Labute approximate surface area is 193 Å². The van der Waals surface area contributed by atoms with Gasteiger partial charge < -0.3 is 9.30 Å². The first-order valence-corrected chi connectivity index (χ1v) is 11.1. The summed E-state index contributed by atoms with van der Waals surface area (Å²) in [6.45, 7) is 1.12. The maximum Gasteiger partial charge on any atom is 0.229 e. The summed E-state index contributed by atoms with van der Waals surface area (Å²) in [6, 6.07) is 34.4. The van der Waals surface area contributed by atoms with Crippen LogP contribution in [0, 0.1) is 0 Å². The van der Waals surface area contributed by atoms with Crippen LogP contribution in [0.15, 0.2) is 116 Å². The van der Waals surface area contributed by atoms with Crippen molar-refractivity contribution in [1.29, 1.82) is 0 Å². The van der Waals surface area contributed by atoms with Crippen molar-refractivity contribution < 1.29 is 4.79 Å². The van der Waals surface area contributed by atoms with Crippen LogP contribution in [0.1, 0.15) is 16.8 Å². The highest BCUT2D eigenvalue weighted by atomic mass is 16.2. The Hall–Kier alpha value is -4.18. The molecule has 0 aliphatic heterocycles. The van der Waals surface area contributed by atoms with Gasteiger partial charge in [-0.15, -0.1) is 0 Å². The van der Waals surface area contributed by atoms with Gasteiger partial charge in [-0.05, 0) is 23.3 Å². The normalized spacial score (nSPS) is 10.9. The van der Waals surface area contributed by atoms with Gasteiger partial charge in [-0.2, -0.15) is 0 Å². The molecule has 0 unspecified atom stereocenters. The van der Waals surface area contributed by atoms with Crippen LogP contribution in [0.4, 0.5) is 0 Å². The Kier molecular flexibility index (Phi) is 5.98. The molecule has 0 bridgehead atoms. The summed E-state index contributed by atoms with van der Waals surface area (Å²) in [7, 11) is 0. The predicted octanol–water partition coefficient (Wildman–Crippen LogP) is 5.77. The van der Waals surface area contributed by atoms with Crippen LogP contribution in [-0.4, -0.2) is 20.2 Å². The Morgan fingerprint density at radius 3 is 1.91 bits per heavy atom. The summed E-state index contributed by atoms with van der Waals surface area (Å²) in [4.78, 5) is 20.3. The zero-order valence-electron chi connectivity index (χ0n) is 18.3. The molecule has 5 rings (SSSR count). The third-order valence-electron chi connectivity index (χ3n) is 5.73. The highest BCUT2D eigenvalue weighted by Crippen LogP contribution is 2.24. The lowest BCUT2D eigenvalue weighted by Crippen LogP contribution is -2.31. The van der Waals surface area contributed by atoms with E-state index in [0.29, 0.717) is 13.1 Å². The van der Waals surface area contributed by atoms with Crippen molar-refractivity contribution in [1.82, 2.24) is 14.3 Å². The maximum atomic E-state index is 13.5. The van der Waals surface area contributed by atoms with Gasteiger partial charge in [0.05, 0.1) is 23.3 Å². The van der Waals surface area contributed by atoms with Gasteiger partial charge >= 0.3 is 0 Å². The molecule has 0 spiro atoms. The number of aromatic nitrogens is 2. The molecular formula is C29H25N3O. The lowest BCUT2D eigenvalue weighted by Gasteiger charge is -2.23. The average Bonchev–Trinajstić information content (AvgIpc) is 3.34. The summed E-state index contributed by atoms with van der Waals surface area (Å²) < 4.78 is 2.05. The van der Waals surface area contributed by atoms with E-state index in [-0.39, 0.29) is 12.3 Å². The first-order chi connectivity index (χ1) is 16.3. The highest BCUT2D eigenvalue weighted by molar-refractivity contribution is 5.80. The standard InChI is InChI=1S/C29H25N3O/c33-28(32(20-23-11-4-1-5-12-23)21-24-13-6-2-7-14-24)19-26-22-31-18-10-17-27(31)29(30-26)25-15-8-3-9-16-25/h1-18,22H,19-21H2. The number of benzene rings is 3. The van der Waals surface area contributed by atoms with Gasteiger partial charge in [-0.1, -0.05) is 91.0 Å². The monoisotopic (exact) mass is 431 g/mol. The van der Waals surface area contributed by atoms with E-state index >= 15 is 0 Å². The van der Waals surface area contributed by atoms with Crippen molar-refractivity contribution in [3.63, 3.8) is 0 Å². The lowest BCUT2D eigenvalue weighted by atomic mass is 10.1. The van der Waals surface area contributed by atoms with Crippen molar-refractivity contribution in [2.75, 3.05) is 0 Å². The third-order valence-corrected chi connectivity index (χ3v) is 5.73. The second kappa shape index (κ2) is 9.53. The maximum absolute atomic E-state index is 13.5. The van der Waals surface area contributed by atoms with Crippen LogP contribution in [0.5, 0.6) is 0 Å². The fourth-order valence-corrected chi connectivity index (χ4v) is 4.10. The topological polar surface area (TPSA) is 37.6 Å². The summed E-state index contributed by atoms with van der Waals surface area (Å²) >= 11 is 0. The van der Waals surface area contributed by atoms with Crippen LogP contribution in [0.25, 0.3) is 16.8 Å². The van der Waals surface area contributed by atoms with Crippen LogP contribution < -0.4 is 0 Å². The van der Waals surface area contributed by atoms with Gasteiger partial charge in [-0.25, -0.2) is 4.98 Å². The molecule has 2 aromatic heterocycles. The number of hydrogen-bond donors (Lipinski definition) is 0. The predicted molar refractivity (Wildman–Crippen MR) is 131 cm³/mol. The van der Waals surface area contributed by atoms with E-state index < -0.39 is 0 Å². The Morgan fingerprint density at radius 2 is 1.30 bits per heavy atom. The molecule has 162 valence electrons. The molecule has 0 atom stereocenters. The molecule has 2 heterocycles. The van der Waals surface area contributed by atoms with E-state index in [1.807, 2.05) is 78.0 Å². The molecule has 1 amide bonds. The number of fused-ring (bicyclic) bond motifs is 1. The first kappa shape index (κ1) is 20.7. The summed E-state index contributed by atoms with van der Waals surface area (Å²) in [6.07, 6.45) is 4.21. The molecule has 4 heteroatoms. The quantitative estimate of drug-likeness (QED) is 0.328. The SMILES string of the molecule is O=C(Cc1cn2cccc2c(-c2ccccc2)n1)N(Cc1ccccc1)Cc1ccccc1. The fourth-order valence-electron chi connectivity index (χ4n) is 4.10. The van der Waals surface area contributed by atoms with E-state index in [0.717, 1.165) is 33.6 Å². The smallest absolute Gasteiger partial charge is 0.229 e. The zero-order valence-corrected chi connectivity index (χ0v) is 18.3. The molecule has 0 fully saturated rings. The molecule has 3 aromatic carbocycles. The van der Waals surface area contributed by atoms with Crippen LogP contribution in [0.2, 0.25) is 0 Å². The lowest BCUT2D eigenvalue weighted by molar-refractivity contribution is -0.131. The largest absolute Gasteiger partial charge is 0.334 e. The van der Waals surface area contributed by atoms with Crippen molar-refractivity contribution in [2.24, 2.45) is 0 Å². The minimum Gasteiger partial charge on any atom is -0.334 e. The Balaban J connectivity index is 1.45. The molecule has 0 N–H and O–H groups in total. The zero-order chi connectivity index (χ0) is 22.5. The second-order valence-electron chi connectivity index (χ2n) is 8.15. The fraction of sp³-hybridized carbons (Fsp3) is 0.103. The number of hydrogen-bond acceptors (Lipinski definition) is 2. The van der Waals surface area contributed by atoms with E-state index in [4.69, 9.17) is 4.98 Å². The van der Waals surface area contributed by atoms with Gasteiger partial charge in [0.1, 0.15) is 0 Å². The molecule has 33 heavy (non-hydrogen) atoms. The second-order valence-corrected chi connectivity index (χ2v) is 8.15. The van der Waals surface area contributed by atoms with Gasteiger partial charge in [0.15, 0.2) is 0 Å². The number of carbonyl (C=O) groups is 1. The summed E-state index contributed by atoms with van der Waals surface area (Å²) in [5.74, 6) is 0.0562. The van der Waals surface area contributed by atoms with Crippen LogP contribution >= 0.6 is 0 Å². The Bertz CT molecular complexity index is 1300. The summed E-state index contributed by atoms with van der Waals surface area (Å²) in [5, 5.41) is 0. The van der Waals surface area contributed by atoms with Crippen molar-refractivity contribution >= 4 is 11.4 Å². The molecule has 0 aliphatic rings. The van der Waals surface area contributed by atoms with Gasteiger partial charge in [-0.3, -0.25) is 4.79 Å². The minimum atomic E-state index is 0.0562. The molecule has 5 aromatic rings. The molecular weight excluding hydrogens is 406 g/mol. The Morgan fingerprint density at radius 1 is 0.727 bits per heavy atom. The van der Waals surface area contributed by atoms with Crippen LogP contribution in [-0.2, 0) is 24.3 Å². The number of carbonyl (C=O) groups excluding carboxylic acids is 1. The van der Waals surface area contributed by atoms with Gasteiger partial charge in [0, 0.05) is 31.0 Å². The van der Waals surface area contributed by atoms with E-state index in [9.17, 15) is 4.79 Å². The van der Waals surface area contributed by atoms with E-state index in [2.05, 4.69) is 46.9 Å². The molecule has 0 saturated carbocycles. The molecule has 0 aliphatic carbocycles. The van der Waals surface area contributed by atoms with Gasteiger partial charge in [0.25, 0.3) is 0 Å². The average molecular weight is 432 g/mol. The highest BCUT2D eigenvalue weighted by Gasteiger charge is 2.18. The molecule has 0 radical (unpaired) electrons. The molecule has 4 nitrogen and oxygen atoms in total. The van der Waals surface area contributed by atoms with E-state index in [1.165, 1.54) is 0 Å². The van der Waals surface area contributed by atoms with Crippen molar-refractivity contribution in [2.45, 2.75) is 19.5 Å². The van der Waals surface area contributed by atoms with Crippen LogP contribution in [0.3, 0.4) is 0 Å². The third kappa shape index (κ3) is 4.85.